The van der Waals surface area contributed by atoms with Crippen LogP contribution in [0.25, 0.3) is 0 Å². The molecule has 0 unspecified atom stereocenters. The third-order valence-corrected chi connectivity index (χ3v) is 3.90. The molecule has 148 valence electrons. The Morgan fingerprint density at radius 3 is 2.48 bits per heavy atom. The molecule has 0 radical (unpaired) electrons. The van der Waals surface area contributed by atoms with Gasteiger partial charge >= 0.3 is 0 Å². The summed E-state index contributed by atoms with van der Waals surface area (Å²) in [5.74, 6) is 0.123. The molecule has 3 N–H and O–H groups in total. The largest absolute Gasteiger partial charge is 0.492 e. The number of pyridine rings is 1. The summed E-state index contributed by atoms with van der Waals surface area (Å²) in [6.07, 6.45) is 1.56. The Bertz CT molecular complexity index is 1020. The first-order chi connectivity index (χ1) is 14.0. The maximum atomic E-state index is 12.6. The van der Waals surface area contributed by atoms with Crippen molar-refractivity contribution in [3.8, 4) is 5.75 Å². The molecule has 0 saturated heterocycles. The second-order valence-electron chi connectivity index (χ2n) is 6.20. The van der Waals surface area contributed by atoms with E-state index >= 15 is 0 Å². The number of anilines is 4. The Morgan fingerprint density at radius 1 is 0.931 bits per heavy atom. The number of amides is 2. The van der Waals surface area contributed by atoms with Crippen molar-refractivity contribution in [1.29, 1.82) is 0 Å². The van der Waals surface area contributed by atoms with Gasteiger partial charge in [-0.3, -0.25) is 14.6 Å². The number of hydrogen-bond donors (Lipinski definition) is 3. The number of para-hydroxylation sites is 2. The number of carbonyl (C=O) groups excluding carboxylic acids is 2. The van der Waals surface area contributed by atoms with Crippen LogP contribution in [0.4, 0.5) is 22.7 Å². The van der Waals surface area contributed by atoms with E-state index in [-0.39, 0.29) is 17.5 Å². The van der Waals surface area contributed by atoms with Crippen LogP contribution in [0.3, 0.4) is 0 Å². The van der Waals surface area contributed by atoms with E-state index in [0.717, 1.165) is 5.69 Å². The number of hydrogen-bond acceptors (Lipinski definition) is 5. The van der Waals surface area contributed by atoms with Crippen LogP contribution in [0.5, 0.6) is 5.75 Å². The van der Waals surface area contributed by atoms with E-state index in [9.17, 15) is 9.59 Å². The van der Waals surface area contributed by atoms with Gasteiger partial charge in [0.2, 0.25) is 5.91 Å². The molecule has 2 aromatic carbocycles. The second kappa shape index (κ2) is 9.36. The van der Waals surface area contributed by atoms with E-state index in [1.165, 1.54) is 6.92 Å². The Hall–Kier alpha value is -3.87. The van der Waals surface area contributed by atoms with Gasteiger partial charge in [-0.05, 0) is 49.4 Å². The van der Waals surface area contributed by atoms with Gasteiger partial charge in [0.1, 0.15) is 11.4 Å². The van der Waals surface area contributed by atoms with Gasteiger partial charge in [-0.1, -0.05) is 18.2 Å². The summed E-state index contributed by atoms with van der Waals surface area (Å²) in [6, 6.07) is 18.0. The summed E-state index contributed by atoms with van der Waals surface area (Å²) >= 11 is 0. The molecule has 0 atom stereocenters. The molecule has 7 nitrogen and oxygen atoms in total. The minimum Gasteiger partial charge on any atom is -0.492 e. The Kier molecular flexibility index (Phi) is 6.42. The minimum atomic E-state index is -0.340. The quantitative estimate of drug-likeness (QED) is 0.555. The van der Waals surface area contributed by atoms with E-state index in [0.29, 0.717) is 29.4 Å². The van der Waals surface area contributed by atoms with Crippen molar-refractivity contribution in [3.05, 3.63) is 72.6 Å². The molecule has 7 heteroatoms. The fourth-order valence-corrected chi connectivity index (χ4v) is 2.71. The lowest BCUT2D eigenvalue weighted by atomic mass is 10.2. The summed E-state index contributed by atoms with van der Waals surface area (Å²) < 4.78 is 5.54. The highest BCUT2D eigenvalue weighted by Gasteiger charge is 2.11. The summed E-state index contributed by atoms with van der Waals surface area (Å²) in [5, 5.41) is 8.78. The van der Waals surface area contributed by atoms with E-state index in [1.54, 1.807) is 42.6 Å². The van der Waals surface area contributed by atoms with Crippen LogP contribution in [0.2, 0.25) is 0 Å². The van der Waals surface area contributed by atoms with Crippen molar-refractivity contribution < 1.29 is 14.3 Å². The number of ether oxygens (including phenoxy) is 1. The SMILES string of the molecule is CCOc1ccccc1NC(=O)c1cc(Nc2cccc(NC(C)=O)c2)ccn1. The van der Waals surface area contributed by atoms with Gasteiger partial charge in [-0.25, -0.2) is 0 Å². The Morgan fingerprint density at radius 2 is 1.69 bits per heavy atom. The topological polar surface area (TPSA) is 92.4 Å². The molecule has 29 heavy (non-hydrogen) atoms. The highest BCUT2D eigenvalue weighted by atomic mass is 16.5. The zero-order valence-electron chi connectivity index (χ0n) is 16.2. The first-order valence-corrected chi connectivity index (χ1v) is 9.19. The molecule has 0 saturated carbocycles. The third kappa shape index (κ3) is 5.55. The van der Waals surface area contributed by atoms with Gasteiger partial charge < -0.3 is 20.7 Å². The second-order valence-corrected chi connectivity index (χ2v) is 6.20. The Labute approximate surface area is 169 Å². The fourth-order valence-electron chi connectivity index (χ4n) is 2.71. The van der Waals surface area contributed by atoms with Crippen molar-refractivity contribution in [1.82, 2.24) is 4.98 Å². The zero-order chi connectivity index (χ0) is 20.6. The number of carbonyl (C=O) groups is 2. The zero-order valence-corrected chi connectivity index (χ0v) is 16.2. The van der Waals surface area contributed by atoms with Crippen LogP contribution in [0.15, 0.2) is 66.9 Å². The van der Waals surface area contributed by atoms with E-state index in [4.69, 9.17) is 4.74 Å². The van der Waals surface area contributed by atoms with E-state index in [2.05, 4.69) is 20.9 Å². The normalized spacial score (nSPS) is 10.1. The van der Waals surface area contributed by atoms with E-state index in [1.807, 2.05) is 31.2 Å². The van der Waals surface area contributed by atoms with Gasteiger partial charge in [0.15, 0.2) is 0 Å². The third-order valence-electron chi connectivity index (χ3n) is 3.90. The van der Waals surface area contributed by atoms with Crippen LogP contribution in [-0.4, -0.2) is 23.4 Å². The molecule has 0 spiro atoms. The monoisotopic (exact) mass is 390 g/mol. The molecule has 0 aliphatic rings. The fraction of sp³-hybridized carbons (Fsp3) is 0.136. The van der Waals surface area contributed by atoms with Gasteiger partial charge in [0.05, 0.1) is 12.3 Å². The van der Waals surface area contributed by atoms with Crippen molar-refractivity contribution in [2.75, 3.05) is 22.6 Å². The lowest BCUT2D eigenvalue weighted by Gasteiger charge is -2.12. The van der Waals surface area contributed by atoms with Crippen LogP contribution in [-0.2, 0) is 4.79 Å². The van der Waals surface area contributed by atoms with Crippen LogP contribution in [0, 0.1) is 0 Å². The molecule has 0 fully saturated rings. The maximum absolute atomic E-state index is 12.6. The average Bonchev–Trinajstić information content (AvgIpc) is 2.69. The summed E-state index contributed by atoms with van der Waals surface area (Å²) in [6.45, 7) is 3.84. The van der Waals surface area contributed by atoms with Gasteiger partial charge in [0, 0.05) is 30.2 Å². The highest BCUT2D eigenvalue weighted by molar-refractivity contribution is 6.04. The van der Waals surface area contributed by atoms with Gasteiger partial charge in [-0.2, -0.15) is 0 Å². The van der Waals surface area contributed by atoms with Crippen molar-refractivity contribution in [2.45, 2.75) is 13.8 Å². The van der Waals surface area contributed by atoms with Crippen molar-refractivity contribution in [2.24, 2.45) is 0 Å². The molecule has 1 aromatic heterocycles. The molecule has 0 aliphatic carbocycles. The van der Waals surface area contributed by atoms with Crippen LogP contribution < -0.4 is 20.7 Å². The number of aromatic nitrogens is 1. The van der Waals surface area contributed by atoms with Gasteiger partial charge in [0.25, 0.3) is 5.91 Å². The molecule has 3 rings (SSSR count). The predicted molar refractivity (Wildman–Crippen MR) is 114 cm³/mol. The summed E-state index contributed by atoms with van der Waals surface area (Å²) in [4.78, 5) is 28.0. The first kappa shape index (κ1) is 19.9. The minimum absolute atomic E-state index is 0.141. The maximum Gasteiger partial charge on any atom is 0.274 e. The highest BCUT2D eigenvalue weighted by Crippen LogP contribution is 2.25. The lowest BCUT2D eigenvalue weighted by Crippen LogP contribution is -2.14. The molecular weight excluding hydrogens is 368 g/mol. The molecule has 2 amide bonds. The smallest absolute Gasteiger partial charge is 0.274 e. The summed E-state index contributed by atoms with van der Waals surface area (Å²) in [7, 11) is 0. The first-order valence-electron chi connectivity index (χ1n) is 9.19. The Balaban J connectivity index is 1.74. The lowest BCUT2D eigenvalue weighted by molar-refractivity contribution is -0.114. The number of nitrogens with one attached hydrogen (secondary N) is 3. The number of benzene rings is 2. The molecule has 0 bridgehead atoms. The molecule has 3 aromatic rings. The summed E-state index contributed by atoms with van der Waals surface area (Å²) in [5.41, 5.74) is 3.00. The standard InChI is InChI=1S/C22H22N4O3/c1-3-29-21-10-5-4-9-19(21)26-22(28)20-14-18(11-12-23-20)25-17-8-6-7-16(13-17)24-15(2)27/h4-14H,3H2,1-2H3,(H,23,25)(H,24,27)(H,26,28). The predicted octanol–water partition coefficient (Wildman–Crippen LogP) is 4.43. The van der Waals surface area contributed by atoms with Crippen LogP contribution >= 0.6 is 0 Å². The molecule has 1 heterocycles. The van der Waals surface area contributed by atoms with Gasteiger partial charge in [-0.15, -0.1) is 0 Å². The van der Waals surface area contributed by atoms with Crippen molar-refractivity contribution in [3.63, 3.8) is 0 Å². The molecular formula is C22H22N4O3. The average molecular weight is 390 g/mol. The van der Waals surface area contributed by atoms with E-state index < -0.39 is 0 Å². The van der Waals surface area contributed by atoms with Crippen LogP contribution in [0.1, 0.15) is 24.3 Å². The number of rotatable bonds is 7. The molecule has 0 aliphatic heterocycles. The van der Waals surface area contributed by atoms with Crippen molar-refractivity contribution >= 4 is 34.6 Å². The number of nitrogens with zero attached hydrogens (tertiary/aromatic N) is 1.